The number of amides is 1. The SMILES string of the molecule is Cc1nccn1[C@@H](C)C(=O)N1CCc2[nH]c3c(Cl)cccc3c2C1. The van der Waals surface area contributed by atoms with Crippen molar-refractivity contribution in [1.82, 2.24) is 19.4 Å². The molecule has 0 saturated carbocycles. The van der Waals surface area contributed by atoms with Gasteiger partial charge in [-0.3, -0.25) is 4.79 Å². The number of rotatable bonds is 2. The zero-order valence-electron chi connectivity index (χ0n) is 13.7. The number of aromatic amines is 1. The fourth-order valence-corrected chi connectivity index (χ4v) is 3.79. The predicted octanol–water partition coefficient (Wildman–Crippen LogP) is 3.47. The molecule has 0 aliphatic carbocycles. The minimum Gasteiger partial charge on any atom is -0.357 e. The molecule has 124 valence electrons. The third-order valence-electron chi connectivity index (χ3n) is 4.91. The molecular weight excluding hydrogens is 324 g/mol. The minimum atomic E-state index is -0.247. The van der Waals surface area contributed by atoms with Crippen LogP contribution in [-0.2, 0) is 17.8 Å². The maximum atomic E-state index is 12.9. The first kappa shape index (κ1) is 15.3. The Labute approximate surface area is 145 Å². The molecule has 1 aromatic carbocycles. The van der Waals surface area contributed by atoms with Crippen molar-refractivity contribution in [2.24, 2.45) is 0 Å². The van der Waals surface area contributed by atoms with Gasteiger partial charge in [0.05, 0.1) is 10.5 Å². The first-order chi connectivity index (χ1) is 11.6. The number of nitrogens with zero attached hydrogens (tertiary/aromatic N) is 3. The number of halogens is 1. The van der Waals surface area contributed by atoms with Crippen LogP contribution in [0.3, 0.4) is 0 Å². The molecule has 0 bridgehead atoms. The largest absolute Gasteiger partial charge is 0.357 e. The molecule has 1 aliphatic heterocycles. The summed E-state index contributed by atoms with van der Waals surface area (Å²) in [7, 11) is 0. The second kappa shape index (κ2) is 5.67. The van der Waals surface area contributed by atoms with Gasteiger partial charge in [-0.2, -0.15) is 0 Å². The van der Waals surface area contributed by atoms with E-state index in [2.05, 4.69) is 16.0 Å². The van der Waals surface area contributed by atoms with Crippen LogP contribution in [0.2, 0.25) is 5.02 Å². The van der Waals surface area contributed by atoms with Crippen LogP contribution in [0.1, 0.15) is 30.0 Å². The van der Waals surface area contributed by atoms with E-state index in [1.54, 1.807) is 6.20 Å². The molecule has 0 fully saturated rings. The van der Waals surface area contributed by atoms with E-state index in [4.69, 9.17) is 11.6 Å². The van der Waals surface area contributed by atoms with Crippen LogP contribution in [0.5, 0.6) is 0 Å². The average molecular weight is 343 g/mol. The molecule has 0 spiro atoms. The highest BCUT2D eigenvalue weighted by atomic mass is 35.5. The molecule has 1 N–H and O–H groups in total. The Kier molecular flexibility index (Phi) is 3.61. The summed E-state index contributed by atoms with van der Waals surface area (Å²) in [4.78, 5) is 22.5. The number of carbonyl (C=O) groups is 1. The van der Waals surface area contributed by atoms with Gasteiger partial charge in [0.25, 0.3) is 0 Å². The summed E-state index contributed by atoms with van der Waals surface area (Å²) in [6, 6.07) is 5.66. The van der Waals surface area contributed by atoms with Crippen molar-refractivity contribution in [2.75, 3.05) is 6.54 Å². The van der Waals surface area contributed by atoms with Gasteiger partial charge in [0, 0.05) is 48.5 Å². The quantitative estimate of drug-likeness (QED) is 0.775. The van der Waals surface area contributed by atoms with Gasteiger partial charge in [0.15, 0.2) is 0 Å². The van der Waals surface area contributed by atoms with Crippen molar-refractivity contribution in [3.8, 4) is 0 Å². The van der Waals surface area contributed by atoms with E-state index >= 15 is 0 Å². The van der Waals surface area contributed by atoms with Crippen molar-refractivity contribution < 1.29 is 4.79 Å². The van der Waals surface area contributed by atoms with Crippen molar-refractivity contribution >= 4 is 28.4 Å². The van der Waals surface area contributed by atoms with Crippen LogP contribution in [0, 0.1) is 6.92 Å². The Balaban J connectivity index is 1.64. The third-order valence-corrected chi connectivity index (χ3v) is 5.22. The van der Waals surface area contributed by atoms with Crippen molar-refractivity contribution in [3.63, 3.8) is 0 Å². The number of hydrogen-bond acceptors (Lipinski definition) is 2. The highest BCUT2D eigenvalue weighted by Gasteiger charge is 2.28. The smallest absolute Gasteiger partial charge is 0.245 e. The van der Waals surface area contributed by atoms with Gasteiger partial charge in [-0.25, -0.2) is 4.98 Å². The highest BCUT2D eigenvalue weighted by molar-refractivity contribution is 6.35. The van der Waals surface area contributed by atoms with E-state index in [9.17, 15) is 4.79 Å². The van der Waals surface area contributed by atoms with Crippen LogP contribution >= 0.6 is 11.6 Å². The number of fused-ring (bicyclic) bond motifs is 3. The Morgan fingerprint density at radius 2 is 2.25 bits per heavy atom. The number of aryl methyl sites for hydroxylation is 1. The molecule has 24 heavy (non-hydrogen) atoms. The number of imidazole rings is 1. The summed E-state index contributed by atoms with van der Waals surface area (Å²) in [6.45, 7) is 5.18. The van der Waals surface area contributed by atoms with Gasteiger partial charge < -0.3 is 14.5 Å². The lowest BCUT2D eigenvalue weighted by atomic mass is 10.0. The van der Waals surface area contributed by atoms with E-state index in [1.165, 1.54) is 11.3 Å². The lowest BCUT2D eigenvalue weighted by Gasteiger charge is -2.30. The molecule has 3 aromatic rings. The number of nitrogens with one attached hydrogen (secondary N) is 1. The van der Waals surface area contributed by atoms with Gasteiger partial charge in [0.2, 0.25) is 5.91 Å². The molecule has 3 heterocycles. The Morgan fingerprint density at radius 1 is 1.42 bits per heavy atom. The first-order valence-electron chi connectivity index (χ1n) is 8.12. The summed E-state index contributed by atoms with van der Waals surface area (Å²) in [5, 5.41) is 1.84. The van der Waals surface area contributed by atoms with Crippen LogP contribution < -0.4 is 0 Å². The normalized spacial score (nSPS) is 15.5. The number of hydrogen-bond donors (Lipinski definition) is 1. The summed E-state index contributed by atoms with van der Waals surface area (Å²) < 4.78 is 1.92. The molecule has 6 heteroatoms. The molecule has 1 amide bonds. The molecule has 0 unspecified atom stereocenters. The van der Waals surface area contributed by atoms with E-state index in [0.717, 1.165) is 28.2 Å². The number of aromatic nitrogens is 3. The first-order valence-corrected chi connectivity index (χ1v) is 8.50. The van der Waals surface area contributed by atoms with Crippen molar-refractivity contribution in [1.29, 1.82) is 0 Å². The molecule has 5 nitrogen and oxygen atoms in total. The topological polar surface area (TPSA) is 53.9 Å². The summed E-state index contributed by atoms with van der Waals surface area (Å²) in [6.07, 6.45) is 4.41. The molecular formula is C18H19ClN4O. The van der Waals surface area contributed by atoms with Crippen LogP contribution in [-0.4, -0.2) is 31.9 Å². The Bertz CT molecular complexity index is 926. The van der Waals surface area contributed by atoms with E-state index < -0.39 is 0 Å². The van der Waals surface area contributed by atoms with E-state index in [-0.39, 0.29) is 11.9 Å². The van der Waals surface area contributed by atoms with Crippen molar-refractivity contribution in [2.45, 2.75) is 32.9 Å². The second-order valence-electron chi connectivity index (χ2n) is 6.31. The average Bonchev–Trinajstić information content (AvgIpc) is 3.17. The zero-order chi connectivity index (χ0) is 16.8. The second-order valence-corrected chi connectivity index (χ2v) is 6.72. The van der Waals surface area contributed by atoms with Gasteiger partial charge in [-0.1, -0.05) is 23.7 Å². The fourth-order valence-electron chi connectivity index (χ4n) is 3.57. The summed E-state index contributed by atoms with van der Waals surface area (Å²) in [5.41, 5.74) is 3.34. The van der Waals surface area contributed by atoms with Crippen LogP contribution in [0.15, 0.2) is 30.6 Å². The van der Waals surface area contributed by atoms with Gasteiger partial charge in [-0.05, 0) is 19.9 Å². The number of para-hydroxylation sites is 1. The molecule has 1 atom stereocenters. The number of carbonyl (C=O) groups excluding carboxylic acids is 1. The summed E-state index contributed by atoms with van der Waals surface area (Å²) in [5.74, 6) is 0.977. The lowest BCUT2D eigenvalue weighted by molar-refractivity contribution is -0.135. The van der Waals surface area contributed by atoms with E-state index in [1.807, 2.05) is 41.6 Å². The fraction of sp³-hybridized carbons (Fsp3) is 0.333. The molecule has 0 saturated heterocycles. The molecule has 0 radical (unpaired) electrons. The maximum absolute atomic E-state index is 12.9. The molecule has 1 aliphatic rings. The Morgan fingerprint density at radius 3 is 3.00 bits per heavy atom. The Hall–Kier alpha value is -2.27. The minimum absolute atomic E-state index is 0.123. The van der Waals surface area contributed by atoms with Gasteiger partial charge in [0.1, 0.15) is 11.9 Å². The van der Waals surface area contributed by atoms with Gasteiger partial charge in [-0.15, -0.1) is 0 Å². The lowest BCUT2D eigenvalue weighted by Crippen LogP contribution is -2.39. The van der Waals surface area contributed by atoms with Crippen molar-refractivity contribution in [3.05, 3.63) is 52.7 Å². The van der Waals surface area contributed by atoms with Gasteiger partial charge >= 0.3 is 0 Å². The molecule has 4 rings (SSSR count). The van der Waals surface area contributed by atoms with Crippen LogP contribution in [0.25, 0.3) is 10.9 Å². The predicted molar refractivity (Wildman–Crippen MR) is 94.1 cm³/mol. The third kappa shape index (κ3) is 2.31. The monoisotopic (exact) mass is 342 g/mol. The highest BCUT2D eigenvalue weighted by Crippen LogP contribution is 2.32. The maximum Gasteiger partial charge on any atom is 0.245 e. The number of H-pyrrole nitrogens is 1. The van der Waals surface area contributed by atoms with E-state index in [0.29, 0.717) is 13.1 Å². The summed E-state index contributed by atoms with van der Waals surface area (Å²) >= 11 is 6.29. The molecule has 2 aromatic heterocycles. The number of benzene rings is 1. The standard InChI is InChI=1S/C18H19ClN4O/c1-11(23-9-7-20-12(23)2)18(24)22-8-6-16-14(10-22)13-4-3-5-15(19)17(13)21-16/h3-5,7,9,11,21H,6,8,10H2,1-2H3/t11-/m0/s1. The zero-order valence-corrected chi connectivity index (χ0v) is 14.5. The van der Waals surface area contributed by atoms with Crippen LogP contribution in [0.4, 0.5) is 0 Å².